The van der Waals surface area contributed by atoms with E-state index in [9.17, 15) is 0 Å². The van der Waals surface area contributed by atoms with Crippen molar-refractivity contribution < 1.29 is 4.74 Å². The van der Waals surface area contributed by atoms with Crippen molar-refractivity contribution in [2.45, 2.75) is 13.3 Å². The van der Waals surface area contributed by atoms with Crippen LogP contribution in [0.5, 0.6) is 5.75 Å². The van der Waals surface area contributed by atoms with Gasteiger partial charge in [-0.05, 0) is 35.7 Å². The number of nitrogens with zero attached hydrogens (tertiary/aromatic N) is 1. The number of rotatable bonds is 4. The molecule has 18 heavy (non-hydrogen) atoms. The van der Waals surface area contributed by atoms with Crippen LogP contribution in [-0.4, -0.2) is 6.61 Å². The van der Waals surface area contributed by atoms with E-state index in [0.29, 0.717) is 5.56 Å². The van der Waals surface area contributed by atoms with Crippen LogP contribution >= 0.6 is 0 Å². The van der Waals surface area contributed by atoms with Crippen molar-refractivity contribution in [1.29, 1.82) is 5.26 Å². The monoisotopic (exact) mass is 237 g/mol. The molecule has 2 aromatic rings. The first kappa shape index (κ1) is 12.2. The van der Waals surface area contributed by atoms with Crippen molar-refractivity contribution in [3.8, 4) is 22.9 Å². The molecule has 0 aliphatic heterocycles. The van der Waals surface area contributed by atoms with Crippen LogP contribution in [0.1, 0.15) is 18.9 Å². The van der Waals surface area contributed by atoms with E-state index in [-0.39, 0.29) is 0 Å². The van der Waals surface area contributed by atoms with Gasteiger partial charge in [0.1, 0.15) is 5.75 Å². The summed E-state index contributed by atoms with van der Waals surface area (Å²) in [6.07, 6.45) is 0.999. The Hall–Kier alpha value is -2.27. The maximum atomic E-state index is 9.08. The Labute approximate surface area is 107 Å². The van der Waals surface area contributed by atoms with Crippen LogP contribution in [0.15, 0.2) is 48.5 Å². The quantitative estimate of drug-likeness (QED) is 0.804. The van der Waals surface area contributed by atoms with Crippen LogP contribution in [0.2, 0.25) is 0 Å². The van der Waals surface area contributed by atoms with E-state index in [2.05, 4.69) is 13.0 Å². The number of benzene rings is 2. The summed E-state index contributed by atoms with van der Waals surface area (Å²) in [5.41, 5.74) is 2.69. The highest BCUT2D eigenvalue weighted by atomic mass is 16.5. The van der Waals surface area contributed by atoms with E-state index in [1.807, 2.05) is 48.5 Å². The number of hydrogen-bond donors (Lipinski definition) is 0. The summed E-state index contributed by atoms with van der Waals surface area (Å²) in [5.74, 6) is 0.870. The molecule has 0 aliphatic carbocycles. The van der Waals surface area contributed by atoms with Crippen LogP contribution in [0.3, 0.4) is 0 Å². The van der Waals surface area contributed by atoms with Gasteiger partial charge in [-0.2, -0.15) is 5.26 Å². The fourth-order valence-corrected chi connectivity index (χ4v) is 1.78. The average molecular weight is 237 g/mol. The van der Waals surface area contributed by atoms with Crippen molar-refractivity contribution in [1.82, 2.24) is 0 Å². The minimum atomic E-state index is 0.694. The molecule has 2 aromatic carbocycles. The van der Waals surface area contributed by atoms with E-state index >= 15 is 0 Å². The van der Waals surface area contributed by atoms with Crippen LogP contribution < -0.4 is 4.74 Å². The highest BCUT2D eigenvalue weighted by Crippen LogP contribution is 2.25. The Morgan fingerprint density at radius 3 is 2.44 bits per heavy atom. The summed E-state index contributed by atoms with van der Waals surface area (Å²) in [5, 5.41) is 9.08. The summed E-state index contributed by atoms with van der Waals surface area (Å²) in [6.45, 7) is 2.81. The molecule has 0 aromatic heterocycles. The third-order valence-electron chi connectivity index (χ3n) is 2.69. The maximum absolute atomic E-state index is 9.08. The fraction of sp³-hybridized carbons (Fsp3) is 0.188. The Kier molecular flexibility index (Phi) is 3.98. The van der Waals surface area contributed by atoms with Gasteiger partial charge >= 0.3 is 0 Å². The van der Waals surface area contributed by atoms with Crippen LogP contribution in [0.4, 0.5) is 0 Å². The van der Waals surface area contributed by atoms with Gasteiger partial charge in [-0.25, -0.2) is 0 Å². The third-order valence-corrected chi connectivity index (χ3v) is 2.69. The van der Waals surface area contributed by atoms with E-state index in [0.717, 1.165) is 29.9 Å². The molecule has 0 spiro atoms. The third kappa shape index (κ3) is 2.70. The Morgan fingerprint density at radius 1 is 1.06 bits per heavy atom. The van der Waals surface area contributed by atoms with Crippen molar-refractivity contribution in [3.05, 3.63) is 54.1 Å². The molecule has 0 saturated carbocycles. The lowest BCUT2D eigenvalue weighted by atomic mass is 10.0. The molecule has 0 fully saturated rings. The Morgan fingerprint density at radius 2 is 1.78 bits per heavy atom. The molecule has 90 valence electrons. The van der Waals surface area contributed by atoms with E-state index < -0.39 is 0 Å². The normalized spacial score (nSPS) is 9.78. The molecular formula is C16H15NO. The van der Waals surface area contributed by atoms with Crippen LogP contribution in [-0.2, 0) is 0 Å². The number of hydrogen-bond acceptors (Lipinski definition) is 2. The lowest BCUT2D eigenvalue weighted by molar-refractivity contribution is 0.317. The molecule has 0 atom stereocenters. The first-order valence-electron chi connectivity index (χ1n) is 6.07. The van der Waals surface area contributed by atoms with Gasteiger partial charge in [0.15, 0.2) is 0 Å². The zero-order valence-electron chi connectivity index (χ0n) is 10.4. The summed E-state index contributed by atoms with van der Waals surface area (Å²) < 4.78 is 5.54. The van der Waals surface area contributed by atoms with Gasteiger partial charge in [-0.3, -0.25) is 0 Å². The molecule has 0 N–H and O–H groups in total. The number of ether oxygens (including phenoxy) is 1. The predicted octanol–water partition coefficient (Wildman–Crippen LogP) is 4.01. The predicted molar refractivity (Wildman–Crippen MR) is 72.4 cm³/mol. The first-order chi connectivity index (χ1) is 8.85. The number of nitriles is 1. The van der Waals surface area contributed by atoms with E-state index in [1.54, 1.807) is 0 Å². The van der Waals surface area contributed by atoms with Crippen molar-refractivity contribution >= 4 is 0 Å². The van der Waals surface area contributed by atoms with Crippen molar-refractivity contribution in [2.75, 3.05) is 6.61 Å². The topological polar surface area (TPSA) is 33.0 Å². The summed E-state index contributed by atoms with van der Waals surface area (Å²) >= 11 is 0. The van der Waals surface area contributed by atoms with Gasteiger partial charge in [-0.1, -0.05) is 37.3 Å². The van der Waals surface area contributed by atoms with Gasteiger partial charge in [-0.15, -0.1) is 0 Å². The standard InChI is InChI=1S/C16H15NO/c1-2-11-18-15-9-7-13(8-10-15)16-6-4-3-5-14(16)12-17/h3-10H,2,11H2,1H3. The summed E-state index contributed by atoms with van der Waals surface area (Å²) in [6, 6.07) is 17.7. The van der Waals surface area contributed by atoms with E-state index in [4.69, 9.17) is 10.00 Å². The van der Waals surface area contributed by atoms with Crippen molar-refractivity contribution in [3.63, 3.8) is 0 Å². The Balaban J connectivity index is 2.27. The van der Waals surface area contributed by atoms with E-state index in [1.165, 1.54) is 0 Å². The van der Waals surface area contributed by atoms with Crippen LogP contribution in [0.25, 0.3) is 11.1 Å². The average Bonchev–Trinajstić information content (AvgIpc) is 2.45. The zero-order chi connectivity index (χ0) is 12.8. The van der Waals surface area contributed by atoms with Gasteiger partial charge in [0, 0.05) is 0 Å². The maximum Gasteiger partial charge on any atom is 0.119 e. The van der Waals surface area contributed by atoms with Gasteiger partial charge in [0.2, 0.25) is 0 Å². The molecule has 0 heterocycles. The molecule has 2 rings (SSSR count). The fourth-order valence-electron chi connectivity index (χ4n) is 1.78. The molecule has 2 heteroatoms. The molecule has 0 saturated heterocycles. The molecular weight excluding hydrogens is 222 g/mol. The molecule has 2 nitrogen and oxygen atoms in total. The van der Waals surface area contributed by atoms with Crippen LogP contribution in [0, 0.1) is 11.3 Å². The highest BCUT2D eigenvalue weighted by Gasteiger charge is 2.03. The zero-order valence-corrected chi connectivity index (χ0v) is 10.4. The van der Waals surface area contributed by atoms with Crippen molar-refractivity contribution in [2.24, 2.45) is 0 Å². The molecule has 0 amide bonds. The minimum absolute atomic E-state index is 0.694. The molecule has 0 aliphatic rings. The Bertz CT molecular complexity index is 552. The molecule has 0 unspecified atom stereocenters. The smallest absolute Gasteiger partial charge is 0.119 e. The highest BCUT2D eigenvalue weighted by molar-refractivity contribution is 5.70. The molecule has 0 radical (unpaired) electrons. The SMILES string of the molecule is CCCOc1ccc(-c2ccccc2C#N)cc1. The van der Waals surface area contributed by atoms with Gasteiger partial charge < -0.3 is 4.74 Å². The second-order valence-corrected chi connectivity index (χ2v) is 4.03. The summed E-state index contributed by atoms with van der Waals surface area (Å²) in [4.78, 5) is 0. The second-order valence-electron chi connectivity index (χ2n) is 4.03. The molecule has 0 bridgehead atoms. The van der Waals surface area contributed by atoms with Gasteiger partial charge in [0.25, 0.3) is 0 Å². The summed E-state index contributed by atoms with van der Waals surface area (Å²) in [7, 11) is 0. The largest absolute Gasteiger partial charge is 0.494 e. The lowest BCUT2D eigenvalue weighted by Gasteiger charge is -2.07. The first-order valence-corrected chi connectivity index (χ1v) is 6.07. The van der Waals surface area contributed by atoms with Gasteiger partial charge in [0.05, 0.1) is 18.2 Å². The lowest BCUT2D eigenvalue weighted by Crippen LogP contribution is -1.94. The minimum Gasteiger partial charge on any atom is -0.494 e. The second kappa shape index (κ2) is 5.88.